The van der Waals surface area contributed by atoms with Crippen LogP contribution in [-0.4, -0.2) is 33.4 Å². The second kappa shape index (κ2) is 8.83. The number of rotatable bonds is 6. The molecule has 0 aliphatic carbocycles. The average Bonchev–Trinajstić information content (AvgIpc) is 2.81. The number of anilines is 2. The Labute approximate surface area is 180 Å². The number of para-hydroxylation sites is 2. The molecule has 1 N–H and O–H groups in total. The number of aromatic nitrogens is 2. The topological polar surface area (TPSA) is 67.2 Å². The molecule has 4 aromatic rings. The van der Waals surface area contributed by atoms with Gasteiger partial charge in [-0.1, -0.05) is 36.4 Å². The van der Waals surface area contributed by atoms with E-state index in [9.17, 15) is 9.59 Å². The Morgan fingerprint density at radius 1 is 0.968 bits per heavy atom. The molecule has 6 nitrogen and oxygen atoms in total. The van der Waals surface area contributed by atoms with Crippen LogP contribution in [0.3, 0.4) is 0 Å². The Morgan fingerprint density at radius 2 is 1.61 bits per heavy atom. The highest BCUT2D eigenvalue weighted by atomic mass is 16.2. The Hall–Kier alpha value is -3.93. The third-order valence-electron chi connectivity index (χ3n) is 5.23. The van der Waals surface area contributed by atoms with Gasteiger partial charge in [-0.25, -0.2) is 0 Å². The normalized spacial score (nSPS) is 10.8. The third-order valence-corrected chi connectivity index (χ3v) is 5.23. The molecule has 0 aliphatic heterocycles. The molecule has 0 saturated heterocycles. The summed E-state index contributed by atoms with van der Waals surface area (Å²) < 4.78 is 1.95. The van der Waals surface area contributed by atoms with Gasteiger partial charge in [0.2, 0.25) is 0 Å². The van der Waals surface area contributed by atoms with Crippen molar-refractivity contribution in [1.29, 1.82) is 0 Å². The number of carbonyl (C=O) groups is 1. The van der Waals surface area contributed by atoms with E-state index in [0.29, 0.717) is 35.5 Å². The van der Waals surface area contributed by atoms with Gasteiger partial charge in [-0.3, -0.25) is 19.1 Å². The van der Waals surface area contributed by atoms with Crippen LogP contribution in [0.15, 0.2) is 83.8 Å². The zero-order chi connectivity index (χ0) is 21.8. The minimum absolute atomic E-state index is 0.152. The molecule has 0 atom stereocenters. The molecule has 156 valence electrons. The van der Waals surface area contributed by atoms with E-state index >= 15 is 0 Å². The molecule has 2 heterocycles. The predicted molar refractivity (Wildman–Crippen MR) is 124 cm³/mol. The first-order chi connectivity index (χ1) is 15.1. The first-order valence-electron chi connectivity index (χ1n) is 10.3. The summed E-state index contributed by atoms with van der Waals surface area (Å²) in [5.74, 6) is 0.461. The summed E-state index contributed by atoms with van der Waals surface area (Å²) in [7, 11) is 0. The number of benzene rings is 2. The van der Waals surface area contributed by atoms with Gasteiger partial charge >= 0.3 is 0 Å². The summed E-state index contributed by atoms with van der Waals surface area (Å²) in [5, 5.41) is 3.80. The number of hydrogen-bond acceptors (Lipinski definition) is 4. The highest BCUT2D eigenvalue weighted by Gasteiger charge is 2.18. The quantitative estimate of drug-likeness (QED) is 0.502. The van der Waals surface area contributed by atoms with Crippen molar-refractivity contribution in [1.82, 2.24) is 14.5 Å². The van der Waals surface area contributed by atoms with Gasteiger partial charge in [0.1, 0.15) is 11.5 Å². The molecule has 2 aromatic heterocycles. The molecular formula is C25H24N4O2. The highest BCUT2D eigenvalue weighted by Crippen LogP contribution is 2.25. The SMILES string of the molecule is CCN(CC)C(=O)c1cc2c(cn1)c(=O)cc(Nc1ccccc1)n2-c1ccccc1. The minimum Gasteiger partial charge on any atom is -0.341 e. The molecule has 0 spiro atoms. The van der Waals surface area contributed by atoms with Crippen LogP contribution in [0.25, 0.3) is 16.6 Å². The van der Waals surface area contributed by atoms with Crippen LogP contribution in [0, 0.1) is 0 Å². The van der Waals surface area contributed by atoms with E-state index in [4.69, 9.17) is 0 Å². The zero-order valence-corrected chi connectivity index (χ0v) is 17.6. The van der Waals surface area contributed by atoms with Gasteiger partial charge < -0.3 is 10.2 Å². The molecule has 0 unspecified atom stereocenters. The van der Waals surface area contributed by atoms with Gasteiger partial charge in [-0.2, -0.15) is 0 Å². The first-order valence-corrected chi connectivity index (χ1v) is 10.3. The fraction of sp³-hybridized carbons (Fsp3) is 0.160. The van der Waals surface area contributed by atoms with Crippen LogP contribution in [0.2, 0.25) is 0 Å². The maximum atomic E-state index is 12.9. The smallest absolute Gasteiger partial charge is 0.272 e. The molecule has 31 heavy (non-hydrogen) atoms. The fourth-order valence-corrected chi connectivity index (χ4v) is 3.62. The van der Waals surface area contributed by atoms with E-state index in [-0.39, 0.29) is 11.3 Å². The first kappa shape index (κ1) is 20.3. The van der Waals surface area contributed by atoms with E-state index < -0.39 is 0 Å². The molecule has 0 bridgehead atoms. The number of amides is 1. The van der Waals surface area contributed by atoms with Crippen LogP contribution >= 0.6 is 0 Å². The molecule has 0 fully saturated rings. The van der Waals surface area contributed by atoms with E-state index in [1.54, 1.807) is 17.0 Å². The van der Waals surface area contributed by atoms with E-state index in [1.807, 2.05) is 79.1 Å². The van der Waals surface area contributed by atoms with Crippen molar-refractivity contribution < 1.29 is 4.79 Å². The van der Waals surface area contributed by atoms with Gasteiger partial charge in [-0.15, -0.1) is 0 Å². The number of nitrogens with one attached hydrogen (secondary N) is 1. The Bertz CT molecular complexity index is 1260. The Kier molecular flexibility index (Phi) is 5.80. The van der Waals surface area contributed by atoms with Gasteiger partial charge in [0.05, 0.1) is 10.9 Å². The van der Waals surface area contributed by atoms with Crippen molar-refractivity contribution in [2.45, 2.75) is 13.8 Å². The summed E-state index contributed by atoms with van der Waals surface area (Å²) in [5.41, 5.74) is 2.52. The Balaban J connectivity index is 1.97. The predicted octanol–water partition coefficient (Wildman–Crippen LogP) is 4.61. The Morgan fingerprint density at radius 3 is 2.26 bits per heavy atom. The fourth-order valence-electron chi connectivity index (χ4n) is 3.62. The molecular weight excluding hydrogens is 388 g/mol. The monoisotopic (exact) mass is 412 g/mol. The van der Waals surface area contributed by atoms with Gasteiger partial charge in [0, 0.05) is 36.7 Å². The zero-order valence-electron chi connectivity index (χ0n) is 17.6. The second-order valence-corrected chi connectivity index (χ2v) is 7.12. The standard InChI is InChI=1S/C25H24N4O2/c1-3-28(4-2)25(31)21-15-22-20(17-26-21)23(30)16-24(27-18-11-7-5-8-12-18)29(22)19-13-9-6-10-14-19/h5-17,27H,3-4H2,1-2H3. The maximum Gasteiger partial charge on any atom is 0.272 e. The van der Waals surface area contributed by atoms with Crippen LogP contribution in [-0.2, 0) is 0 Å². The van der Waals surface area contributed by atoms with Crippen molar-refractivity contribution in [3.8, 4) is 5.69 Å². The number of fused-ring (bicyclic) bond motifs is 1. The van der Waals surface area contributed by atoms with Crippen molar-refractivity contribution in [2.75, 3.05) is 18.4 Å². The minimum atomic E-state index is -0.157. The lowest BCUT2D eigenvalue weighted by molar-refractivity contribution is 0.0767. The molecule has 6 heteroatoms. The van der Waals surface area contributed by atoms with Crippen LogP contribution < -0.4 is 10.7 Å². The number of hydrogen-bond donors (Lipinski definition) is 1. The molecule has 0 aliphatic rings. The van der Waals surface area contributed by atoms with E-state index in [0.717, 1.165) is 11.4 Å². The molecule has 4 rings (SSSR count). The van der Waals surface area contributed by atoms with E-state index in [2.05, 4.69) is 10.3 Å². The molecule has 1 amide bonds. The molecule has 0 saturated carbocycles. The highest BCUT2D eigenvalue weighted by molar-refractivity contribution is 5.96. The summed E-state index contributed by atoms with van der Waals surface area (Å²) in [6, 6.07) is 22.7. The number of nitrogens with zero attached hydrogens (tertiary/aromatic N) is 3. The van der Waals surface area contributed by atoms with Crippen molar-refractivity contribution >= 4 is 28.3 Å². The largest absolute Gasteiger partial charge is 0.341 e. The van der Waals surface area contributed by atoms with Gasteiger partial charge in [0.15, 0.2) is 5.43 Å². The van der Waals surface area contributed by atoms with Gasteiger partial charge in [-0.05, 0) is 44.2 Å². The van der Waals surface area contributed by atoms with Crippen molar-refractivity contribution in [3.63, 3.8) is 0 Å². The van der Waals surface area contributed by atoms with Crippen LogP contribution in [0.1, 0.15) is 24.3 Å². The van der Waals surface area contributed by atoms with Crippen LogP contribution in [0.5, 0.6) is 0 Å². The summed E-state index contributed by atoms with van der Waals surface area (Å²) in [6.45, 7) is 5.06. The number of carbonyl (C=O) groups excluding carboxylic acids is 1. The summed E-state index contributed by atoms with van der Waals surface area (Å²) in [4.78, 5) is 31.9. The van der Waals surface area contributed by atoms with E-state index in [1.165, 1.54) is 6.20 Å². The lowest BCUT2D eigenvalue weighted by atomic mass is 10.2. The molecule has 0 radical (unpaired) electrons. The lowest BCUT2D eigenvalue weighted by Gasteiger charge is -2.20. The second-order valence-electron chi connectivity index (χ2n) is 7.12. The summed E-state index contributed by atoms with van der Waals surface area (Å²) in [6.07, 6.45) is 1.50. The maximum absolute atomic E-state index is 12.9. The van der Waals surface area contributed by atoms with Crippen LogP contribution in [0.4, 0.5) is 11.5 Å². The van der Waals surface area contributed by atoms with Crippen molar-refractivity contribution in [2.24, 2.45) is 0 Å². The third kappa shape index (κ3) is 4.05. The lowest BCUT2D eigenvalue weighted by Crippen LogP contribution is -2.31. The summed E-state index contributed by atoms with van der Waals surface area (Å²) >= 11 is 0. The molecule has 2 aromatic carbocycles. The van der Waals surface area contributed by atoms with Gasteiger partial charge in [0.25, 0.3) is 5.91 Å². The number of pyridine rings is 2. The average molecular weight is 412 g/mol. The van der Waals surface area contributed by atoms with Crippen molar-refractivity contribution in [3.05, 3.63) is 94.9 Å².